The summed E-state index contributed by atoms with van der Waals surface area (Å²) in [6.07, 6.45) is 5.46. The zero-order chi connectivity index (χ0) is 14.5. The smallest absolute Gasteiger partial charge is 0.0640 e. The Morgan fingerprint density at radius 3 is 2.47 bits per heavy atom. The van der Waals surface area contributed by atoms with Gasteiger partial charge in [-0.1, -0.05) is 27.7 Å². The lowest BCUT2D eigenvalue weighted by atomic mass is 9.79. The molecule has 0 amide bonds. The van der Waals surface area contributed by atoms with E-state index in [0.29, 0.717) is 17.5 Å². The van der Waals surface area contributed by atoms with Crippen LogP contribution in [0.1, 0.15) is 66.1 Å². The number of hydrogen-bond donors (Lipinski definition) is 1. The van der Waals surface area contributed by atoms with Crippen LogP contribution in [0.5, 0.6) is 0 Å². The van der Waals surface area contributed by atoms with E-state index in [1.54, 1.807) is 0 Å². The fourth-order valence-corrected chi connectivity index (χ4v) is 2.17. The van der Waals surface area contributed by atoms with E-state index in [0.717, 1.165) is 13.0 Å². The molecule has 1 atom stereocenters. The molecule has 1 aromatic heterocycles. The summed E-state index contributed by atoms with van der Waals surface area (Å²) in [7, 11) is 0. The Morgan fingerprint density at radius 2 is 2.00 bits per heavy atom. The minimum absolute atomic E-state index is 0.302. The predicted molar refractivity (Wildman–Crippen MR) is 82.5 cm³/mol. The van der Waals surface area contributed by atoms with Crippen molar-refractivity contribution >= 4 is 0 Å². The lowest BCUT2D eigenvalue weighted by Gasteiger charge is -2.34. The van der Waals surface area contributed by atoms with E-state index in [1.807, 2.05) is 4.68 Å². The molecule has 0 aliphatic rings. The topological polar surface area (TPSA) is 29.9 Å². The van der Waals surface area contributed by atoms with E-state index in [2.05, 4.69) is 64.2 Å². The van der Waals surface area contributed by atoms with Crippen LogP contribution in [0.2, 0.25) is 0 Å². The van der Waals surface area contributed by atoms with Crippen molar-refractivity contribution in [2.24, 2.45) is 5.41 Å². The molecule has 3 nitrogen and oxygen atoms in total. The van der Waals surface area contributed by atoms with Gasteiger partial charge in [0.1, 0.15) is 0 Å². The highest BCUT2D eigenvalue weighted by Gasteiger charge is 2.27. The Morgan fingerprint density at radius 1 is 1.32 bits per heavy atom. The van der Waals surface area contributed by atoms with Gasteiger partial charge in [-0.15, -0.1) is 0 Å². The Balaban J connectivity index is 2.75. The van der Waals surface area contributed by atoms with Crippen molar-refractivity contribution in [2.75, 3.05) is 6.54 Å². The Kier molecular flexibility index (Phi) is 6.05. The van der Waals surface area contributed by atoms with Crippen molar-refractivity contribution < 1.29 is 0 Å². The highest BCUT2D eigenvalue weighted by atomic mass is 15.3. The number of rotatable bonds is 8. The molecule has 0 aliphatic carbocycles. The maximum absolute atomic E-state index is 4.68. The molecule has 19 heavy (non-hydrogen) atoms. The summed E-state index contributed by atoms with van der Waals surface area (Å²) in [6, 6.07) is 3.09. The van der Waals surface area contributed by atoms with Crippen LogP contribution < -0.4 is 5.32 Å². The SMILES string of the molecule is CCCNC(Cc1ccn(C(C)C)n1)C(C)(C)CC. The van der Waals surface area contributed by atoms with E-state index in [4.69, 9.17) is 0 Å². The average molecular weight is 265 g/mol. The van der Waals surface area contributed by atoms with E-state index >= 15 is 0 Å². The Hall–Kier alpha value is -0.830. The molecule has 1 aromatic rings. The molecule has 0 spiro atoms. The molecule has 0 radical (unpaired) electrons. The predicted octanol–water partition coefficient (Wildman–Crippen LogP) is 3.81. The minimum Gasteiger partial charge on any atom is -0.313 e. The van der Waals surface area contributed by atoms with Gasteiger partial charge in [-0.2, -0.15) is 5.10 Å². The quantitative estimate of drug-likeness (QED) is 0.774. The van der Waals surface area contributed by atoms with E-state index in [1.165, 1.54) is 18.5 Å². The molecule has 1 heterocycles. The number of nitrogens with one attached hydrogen (secondary N) is 1. The second-order valence-corrected chi connectivity index (χ2v) is 6.43. The van der Waals surface area contributed by atoms with Crippen molar-refractivity contribution in [3.8, 4) is 0 Å². The largest absolute Gasteiger partial charge is 0.313 e. The first-order valence-electron chi connectivity index (χ1n) is 7.68. The third-order valence-corrected chi connectivity index (χ3v) is 4.10. The van der Waals surface area contributed by atoms with Crippen molar-refractivity contribution in [1.29, 1.82) is 0 Å². The van der Waals surface area contributed by atoms with Gasteiger partial charge in [0.15, 0.2) is 0 Å². The van der Waals surface area contributed by atoms with Crippen LogP contribution in [-0.2, 0) is 6.42 Å². The van der Waals surface area contributed by atoms with Crippen LogP contribution in [0.15, 0.2) is 12.3 Å². The summed E-state index contributed by atoms with van der Waals surface area (Å²) < 4.78 is 2.05. The van der Waals surface area contributed by atoms with Crippen LogP contribution in [0.4, 0.5) is 0 Å². The summed E-state index contributed by atoms with van der Waals surface area (Å²) in [5.74, 6) is 0. The molecular weight excluding hydrogens is 234 g/mol. The van der Waals surface area contributed by atoms with Crippen molar-refractivity contribution in [3.63, 3.8) is 0 Å². The van der Waals surface area contributed by atoms with Gasteiger partial charge in [-0.25, -0.2) is 0 Å². The van der Waals surface area contributed by atoms with E-state index < -0.39 is 0 Å². The molecule has 1 N–H and O–H groups in total. The Bertz CT molecular complexity index is 366. The fraction of sp³-hybridized carbons (Fsp3) is 0.812. The molecule has 0 aromatic carbocycles. The van der Waals surface area contributed by atoms with Crippen molar-refractivity contribution in [2.45, 2.75) is 72.9 Å². The molecule has 0 bridgehead atoms. The zero-order valence-corrected chi connectivity index (χ0v) is 13.5. The number of aromatic nitrogens is 2. The van der Waals surface area contributed by atoms with Crippen LogP contribution >= 0.6 is 0 Å². The number of nitrogens with zero attached hydrogens (tertiary/aromatic N) is 2. The lowest BCUT2D eigenvalue weighted by Crippen LogP contribution is -2.43. The highest BCUT2D eigenvalue weighted by molar-refractivity contribution is 5.04. The normalized spacial score (nSPS) is 14.1. The average Bonchev–Trinajstić information content (AvgIpc) is 2.83. The molecule has 0 saturated heterocycles. The lowest BCUT2D eigenvalue weighted by molar-refractivity contribution is 0.228. The van der Waals surface area contributed by atoms with E-state index in [-0.39, 0.29) is 0 Å². The van der Waals surface area contributed by atoms with Crippen molar-refractivity contribution in [3.05, 3.63) is 18.0 Å². The first-order valence-corrected chi connectivity index (χ1v) is 7.68. The second kappa shape index (κ2) is 7.09. The van der Waals surface area contributed by atoms with Gasteiger partial charge in [0.25, 0.3) is 0 Å². The number of hydrogen-bond acceptors (Lipinski definition) is 2. The summed E-state index contributed by atoms with van der Waals surface area (Å²) in [5, 5.41) is 8.38. The van der Waals surface area contributed by atoms with Gasteiger partial charge in [0, 0.05) is 24.7 Å². The molecule has 110 valence electrons. The molecule has 0 fully saturated rings. The van der Waals surface area contributed by atoms with Crippen LogP contribution in [-0.4, -0.2) is 22.4 Å². The Labute approximate surface area is 118 Å². The maximum Gasteiger partial charge on any atom is 0.0640 e. The molecule has 1 unspecified atom stereocenters. The van der Waals surface area contributed by atoms with Crippen LogP contribution in [0.3, 0.4) is 0 Å². The summed E-state index contributed by atoms with van der Waals surface area (Å²) >= 11 is 0. The van der Waals surface area contributed by atoms with Gasteiger partial charge >= 0.3 is 0 Å². The van der Waals surface area contributed by atoms with Gasteiger partial charge < -0.3 is 5.32 Å². The summed E-state index contributed by atoms with van der Waals surface area (Å²) in [5.41, 5.74) is 1.50. The third kappa shape index (κ3) is 4.64. The standard InChI is InChI=1S/C16H31N3/c1-7-10-17-15(16(5,6)8-2)12-14-9-11-19(18-14)13(3)4/h9,11,13,15,17H,7-8,10,12H2,1-6H3. The molecular formula is C16H31N3. The van der Waals surface area contributed by atoms with Gasteiger partial charge in [0.2, 0.25) is 0 Å². The fourth-order valence-electron chi connectivity index (χ4n) is 2.17. The second-order valence-electron chi connectivity index (χ2n) is 6.43. The minimum atomic E-state index is 0.302. The maximum atomic E-state index is 4.68. The van der Waals surface area contributed by atoms with Crippen LogP contribution in [0.25, 0.3) is 0 Å². The van der Waals surface area contributed by atoms with Gasteiger partial charge in [0.05, 0.1) is 5.69 Å². The first kappa shape index (κ1) is 16.2. The molecule has 0 aliphatic heterocycles. The zero-order valence-electron chi connectivity index (χ0n) is 13.5. The molecule has 0 saturated carbocycles. The summed E-state index contributed by atoms with van der Waals surface area (Å²) in [4.78, 5) is 0. The first-order chi connectivity index (χ1) is 8.90. The third-order valence-electron chi connectivity index (χ3n) is 4.10. The van der Waals surface area contributed by atoms with Gasteiger partial charge in [-0.05, 0) is 44.7 Å². The molecule has 3 heteroatoms. The van der Waals surface area contributed by atoms with Crippen LogP contribution in [0, 0.1) is 5.41 Å². The monoisotopic (exact) mass is 265 g/mol. The highest BCUT2D eigenvalue weighted by Crippen LogP contribution is 2.27. The van der Waals surface area contributed by atoms with Gasteiger partial charge in [-0.3, -0.25) is 4.68 Å². The van der Waals surface area contributed by atoms with E-state index in [9.17, 15) is 0 Å². The molecule has 1 rings (SSSR count). The summed E-state index contributed by atoms with van der Waals surface area (Å²) in [6.45, 7) is 14.6. The van der Waals surface area contributed by atoms with Crippen molar-refractivity contribution in [1.82, 2.24) is 15.1 Å².